The minimum absolute atomic E-state index is 0.227. The van der Waals surface area contributed by atoms with Crippen LogP contribution in [0.5, 0.6) is 0 Å². The molecule has 0 atom stereocenters. The Kier molecular flexibility index (Phi) is 5.27. The third kappa shape index (κ3) is 4.42. The molecule has 8 heteroatoms. The summed E-state index contributed by atoms with van der Waals surface area (Å²) < 4.78 is 6.06. The van der Waals surface area contributed by atoms with Crippen molar-refractivity contribution in [3.05, 3.63) is 78.3 Å². The van der Waals surface area contributed by atoms with E-state index in [0.717, 1.165) is 15.7 Å². The van der Waals surface area contributed by atoms with Crippen LogP contribution in [0, 0.1) is 0 Å². The lowest BCUT2D eigenvalue weighted by molar-refractivity contribution is 0.102. The Labute approximate surface area is 163 Å². The average Bonchev–Trinajstić information content (AvgIpc) is 3.40. The fraction of sp³-hybridized carbons (Fsp3) is 0.0526. The Bertz CT molecular complexity index is 1020. The molecule has 2 heterocycles. The summed E-state index contributed by atoms with van der Waals surface area (Å²) in [5.74, 6) is 1.24. The van der Waals surface area contributed by atoms with Gasteiger partial charge in [0.1, 0.15) is 0 Å². The molecule has 0 saturated carbocycles. The van der Waals surface area contributed by atoms with E-state index in [-0.39, 0.29) is 5.91 Å². The standard InChI is InChI=1S/C19H14N4O2S2/c24-17(15-8-6-14(7-9-15)16-10-20-12-25-16)21-18-22-23-19(27-18)26-11-13-4-2-1-3-5-13/h1-10,12H,11H2,(H,21,22,24). The van der Waals surface area contributed by atoms with Gasteiger partial charge in [0.15, 0.2) is 16.5 Å². The van der Waals surface area contributed by atoms with Gasteiger partial charge in [0.2, 0.25) is 5.13 Å². The maximum Gasteiger partial charge on any atom is 0.257 e. The fourth-order valence-corrected chi connectivity index (χ4v) is 4.05. The van der Waals surface area contributed by atoms with E-state index in [1.54, 1.807) is 30.1 Å². The molecule has 0 fully saturated rings. The number of hydrogen-bond acceptors (Lipinski definition) is 7. The Balaban J connectivity index is 1.36. The Morgan fingerprint density at radius 2 is 1.89 bits per heavy atom. The van der Waals surface area contributed by atoms with Crippen LogP contribution >= 0.6 is 23.1 Å². The van der Waals surface area contributed by atoms with Gasteiger partial charge in [0.05, 0.1) is 6.20 Å². The summed E-state index contributed by atoms with van der Waals surface area (Å²) in [4.78, 5) is 16.3. The Morgan fingerprint density at radius 1 is 1.07 bits per heavy atom. The van der Waals surface area contributed by atoms with Crippen molar-refractivity contribution in [2.75, 3.05) is 5.32 Å². The number of nitrogens with zero attached hydrogens (tertiary/aromatic N) is 3. The van der Waals surface area contributed by atoms with E-state index in [1.807, 2.05) is 30.3 Å². The van der Waals surface area contributed by atoms with E-state index in [2.05, 4.69) is 32.6 Å². The maximum absolute atomic E-state index is 12.4. The molecule has 0 spiro atoms. The average molecular weight is 394 g/mol. The number of aromatic nitrogens is 3. The molecule has 4 rings (SSSR count). The SMILES string of the molecule is O=C(Nc1nnc(SCc2ccccc2)s1)c1ccc(-c2cnco2)cc1. The van der Waals surface area contributed by atoms with Crippen molar-refractivity contribution in [1.82, 2.24) is 15.2 Å². The van der Waals surface area contributed by atoms with Crippen molar-refractivity contribution in [3.8, 4) is 11.3 Å². The predicted molar refractivity (Wildman–Crippen MR) is 106 cm³/mol. The highest BCUT2D eigenvalue weighted by Gasteiger charge is 2.11. The quantitative estimate of drug-likeness (QED) is 0.376. The normalized spacial score (nSPS) is 10.7. The van der Waals surface area contributed by atoms with Gasteiger partial charge in [-0.1, -0.05) is 65.6 Å². The predicted octanol–water partition coefficient (Wildman–Crippen LogP) is 4.74. The van der Waals surface area contributed by atoms with Crippen molar-refractivity contribution in [1.29, 1.82) is 0 Å². The van der Waals surface area contributed by atoms with Crippen LogP contribution in [0.2, 0.25) is 0 Å². The molecule has 2 aromatic carbocycles. The van der Waals surface area contributed by atoms with Gasteiger partial charge in [-0.25, -0.2) is 4.98 Å². The van der Waals surface area contributed by atoms with Gasteiger partial charge in [-0.05, 0) is 17.7 Å². The van der Waals surface area contributed by atoms with Gasteiger partial charge in [-0.2, -0.15) is 0 Å². The van der Waals surface area contributed by atoms with Gasteiger partial charge in [-0.3, -0.25) is 10.1 Å². The lowest BCUT2D eigenvalue weighted by Crippen LogP contribution is -2.11. The summed E-state index contributed by atoms with van der Waals surface area (Å²) in [6.45, 7) is 0. The van der Waals surface area contributed by atoms with Gasteiger partial charge < -0.3 is 4.42 Å². The molecule has 4 aromatic rings. The van der Waals surface area contributed by atoms with E-state index >= 15 is 0 Å². The van der Waals surface area contributed by atoms with Crippen LogP contribution < -0.4 is 5.32 Å². The summed E-state index contributed by atoms with van der Waals surface area (Å²) in [6, 6.07) is 17.2. The van der Waals surface area contributed by atoms with Crippen LogP contribution in [0.1, 0.15) is 15.9 Å². The summed E-state index contributed by atoms with van der Waals surface area (Å²) >= 11 is 2.96. The van der Waals surface area contributed by atoms with Gasteiger partial charge in [0, 0.05) is 16.9 Å². The van der Waals surface area contributed by atoms with Crippen molar-refractivity contribution < 1.29 is 9.21 Å². The zero-order valence-electron chi connectivity index (χ0n) is 14.0. The van der Waals surface area contributed by atoms with Crippen LogP contribution in [0.15, 0.2) is 75.9 Å². The van der Waals surface area contributed by atoms with Crippen molar-refractivity contribution in [3.63, 3.8) is 0 Å². The van der Waals surface area contributed by atoms with E-state index in [4.69, 9.17) is 4.42 Å². The second kappa shape index (κ2) is 8.15. The van der Waals surface area contributed by atoms with Gasteiger partial charge >= 0.3 is 0 Å². The summed E-state index contributed by atoms with van der Waals surface area (Å²) in [6.07, 6.45) is 3.00. The third-order valence-electron chi connectivity index (χ3n) is 3.70. The van der Waals surface area contributed by atoms with E-state index < -0.39 is 0 Å². The summed E-state index contributed by atoms with van der Waals surface area (Å²) in [5, 5.41) is 11.4. The van der Waals surface area contributed by atoms with Crippen LogP contribution in [-0.4, -0.2) is 21.1 Å². The molecule has 0 radical (unpaired) electrons. The first kappa shape index (κ1) is 17.4. The highest BCUT2D eigenvalue weighted by Crippen LogP contribution is 2.28. The molecule has 0 saturated heterocycles. The molecule has 1 N–H and O–H groups in total. The first-order valence-corrected chi connectivity index (χ1v) is 9.88. The highest BCUT2D eigenvalue weighted by atomic mass is 32.2. The second-order valence-corrected chi connectivity index (χ2v) is 7.74. The largest absolute Gasteiger partial charge is 0.444 e. The van der Waals surface area contributed by atoms with E-state index in [0.29, 0.717) is 16.5 Å². The van der Waals surface area contributed by atoms with Gasteiger partial charge in [-0.15, -0.1) is 10.2 Å². The molecular weight excluding hydrogens is 380 g/mol. The van der Waals surface area contributed by atoms with E-state index in [1.165, 1.54) is 23.3 Å². The lowest BCUT2D eigenvalue weighted by atomic mass is 10.1. The lowest BCUT2D eigenvalue weighted by Gasteiger charge is -2.02. The number of rotatable bonds is 6. The van der Waals surface area contributed by atoms with Crippen molar-refractivity contribution in [2.45, 2.75) is 10.1 Å². The monoisotopic (exact) mass is 394 g/mol. The summed E-state index contributed by atoms with van der Waals surface area (Å²) in [7, 11) is 0. The van der Waals surface area contributed by atoms with Crippen LogP contribution in [0.3, 0.4) is 0 Å². The molecule has 0 bridgehead atoms. The summed E-state index contributed by atoms with van der Waals surface area (Å²) in [5.41, 5.74) is 2.61. The zero-order chi connectivity index (χ0) is 18.5. The van der Waals surface area contributed by atoms with Crippen molar-refractivity contribution in [2.24, 2.45) is 0 Å². The van der Waals surface area contributed by atoms with Gasteiger partial charge in [0.25, 0.3) is 5.91 Å². The number of oxazole rings is 1. The molecule has 2 aromatic heterocycles. The second-order valence-electron chi connectivity index (χ2n) is 5.54. The Hall–Kier alpha value is -2.97. The molecule has 0 aliphatic heterocycles. The number of amides is 1. The first-order valence-electron chi connectivity index (χ1n) is 8.08. The van der Waals surface area contributed by atoms with Crippen molar-refractivity contribution >= 4 is 34.1 Å². The first-order chi connectivity index (χ1) is 13.3. The molecule has 1 amide bonds. The topological polar surface area (TPSA) is 80.9 Å². The Morgan fingerprint density at radius 3 is 2.63 bits per heavy atom. The molecule has 6 nitrogen and oxygen atoms in total. The third-order valence-corrected chi connectivity index (χ3v) is 5.74. The number of anilines is 1. The van der Waals surface area contributed by atoms with E-state index in [9.17, 15) is 4.79 Å². The van der Waals surface area contributed by atoms with Crippen LogP contribution in [-0.2, 0) is 5.75 Å². The number of nitrogens with one attached hydrogen (secondary N) is 1. The molecule has 0 unspecified atom stereocenters. The molecule has 27 heavy (non-hydrogen) atoms. The number of carbonyl (C=O) groups is 1. The highest BCUT2D eigenvalue weighted by molar-refractivity contribution is 8.00. The molecule has 0 aliphatic carbocycles. The maximum atomic E-state index is 12.4. The number of hydrogen-bond donors (Lipinski definition) is 1. The molecule has 0 aliphatic rings. The van der Waals surface area contributed by atoms with Crippen LogP contribution in [0.4, 0.5) is 5.13 Å². The zero-order valence-corrected chi connectivity index (χ0v) is 15.7. The minimum atomic E-state index is -0.227. The fourth-order valence-electron chi connectivity index (χ4n) is 2.35. The minimum Gasteiger partial charge on any atom is -0.444 e. The van der Waals surface area contributed by atoms with Crippen LogP contribution in [0.25, 0.3) is 11.3 Å². The number of carbonyl (C=O) groups excluding carboxylic acids is 1. The number of thioether (sulfide) groups is 1. The smallest absolute Gasteiger partial charge is 0.257 e. The molecular formula is C19H14N4O2S2. The number of benzene rings is 2. The molecule has 134 valence electrons.